The van der Waals surface area contributed by atoms with Crippen molar-refractivity contribution in [3.8, 4) is 0 Å². The van der Waals surface area contributed by atoms with Gasteiger partial charge < -0.3 is 21.9 Å². The Morgan fingerprint density at radius 3 is 2.31 bits per heavy atom. The van der Waals surface area contributed by atoms with Gasteiger partial charge in [0.05, 0.1) is 6.04 Å². The zero-order valence-electron chi connectivity index (χ0n) is 8.55. The van der Waals surface area contributed by atoms with Crippen LogP contribution in [0.5, 0.6) is 0 Å². The molecule has 16 heavy (non-hydrogen) atoms. The number of aliphatic carboxylic acids is 1. The Balaban J connectivity index is 4.28. The lowest BCUT2D eigenvalue weighted by Gasteiger charge is -2.16. The fourth-order valence-corrected chi connectivity index (χ4v) is 1.07. The molecule has 0 aromatic rings. The van der Waals surface area contributed by atoms with E-state index in [-0.39, 0.29) is 18.6 Å². The topological polar surface area (TPSA) is 136 Å². The van der Waals surface area contributed by atoms with Gasteiger partial charge in [-0.25, -0.2) is 4.79 Å². The van der Waals surface area contributed by atoms with Crippen molar-refractivity contribution in [1.82, 2.24) is 5.32 Å². The van der Waals surface area contributed by atoms with Crippen molar-refractivity contribution in [3.05, 3.63) is 0 Å². The number of rotatable bonds is 7. The summed E-state index contributed by atoms with van der Waals surface area (Å²) >= 11 is 3.81. The fraction of sp³-hybridized carbons (Fsp3) is 0.625. The number of hydrogen-bond acceptors (Lipinski definition) is 5. The van der Waals surface area contributed by atoms with Gasteiger partial charge in [0.2, 0.25) is 11.8 Å². The molecule has 6 N–H and O–H groups in total. The third-order valence-corrected chi connectivity index (χ3v) is 2.22. The summed E-state index contributed by atoms with van der Waals surface area (Å²) in [7, 11) is 0. The molecular weight excluding hydrogens is 234 g/mol. The van der Waals surface area contributed by atoms with Crippen LogP contribution in [0.25, 0.3) is 0 Å². The first-order chi connectivity index (χ1) is 7.38. The number of carbonyl (C=O) groups is 3. The average molecular weight is 249 g/mol. The number of nitrogens with one attached hydrogen (secondary N) is 1. The Bertz CT molecular complexity index is 284. The molecule has 0 aliphatic rings. The van der Waals surface area contributed by atoms with E-state index < -0.39 is 29.9 Å². The Kier molecular flexibility index (Phi) is 6.50. The van der Waals surface area contributed by atoms with Gasteiger partial charge in [0.15, 0.2) is 0 Å². The van der Waals surface area contributed by atoms with Crippen molar-refractivity contribution >= 4 is 30.4 Å². The molecule has 0 saturated carbocycles. The second-order valence-corrected chi connectivity index (χ2v) is 3.56. The van der Waals surface area contributed by atoms with Crippen molar-refractivity contribution in [2.75, 3.05) is 5.75 Å². The van der Waals surface area contributed by atoms with Gasteiger partial charge in [-0.1, -0.05) is 0 Å². The third-order valence-electron chi connectivity index (χ3n) is 1.83. The van der Waals surface area contributed by atoms with Crippen LogP contribution < -0.4 is 16.8 Å². The van der Waals surface area contributed by atoms with Crippen molar-refractivity contribution in [3.63, 3.8) is 0 Å². The fourth-order valence-electron chi connectivity index (χ4n) is 0.906. The second-order valence-electron chi connectivity index (χ2n) is 3.19. The molecule has 1 unspecified atom stereocenters. The van der Waals surface area contributed by atoms with Crippen LogP contribution in [-0.2, 0) is 14.4 Å². The van der Waals surface area contributed by atoms with Gasteiger partial charge in [0.25, 0.3) is 0 Å². The molecule has 0 aromatic carbocycles. The van der Waals surface area contributed by atoms with Crippen molar-refractivity contribution in [1.29, 1.82) is 0 Å². The van der Waals surface area contributed by atoms with Crippen LogP contribution >= 0.6 is 12.6 Å². The molecule has 8 heteroatoms. The highest BCUT2D eigenvalue weighted by Gasteiger charge is 2.22. The van der Waals surface area contributed by atoms with Crippen LogP contribution in [0.2, 0.25) is 0 Å². The summed E-state index contributed by atoms with van der Waals surface area (Å²) in [5.41, 5.74) is 10.2. The average Bonchev–Trinajstić information content (AvgIpc) is 2.21. The van der Waals surface area contributed by atoms with Gasteiger partial charge in [-0.15, -0.1) is 0 Å². The van der Waals surface area contributed by atoms with Crippen LogP contribution in [-0.4, -0.2) is 40.7 Å². The maximum absolute atomic E-state index is 11.3. The lowest BCUT2D eigenvalue weighted by molar-refractivity contribution is -0.142. The predicted molar refractivity (Wildman–Crippen MR) is 59.8 cm³/mol. The molecule has 0 rings (SSSR count). The standard InChI is InChI=1S/C8H15N3O4S/c9-4(3-16)7(13)11-5(8(14)15)1-2-6(10)12/h4-5,16H,1-3,9H2,(H2,10,12)(H,11,13)(H,14,15)/t4?,5-/m0/s1. The monoisotopic (exact) mass is 249 g/mol. The minimum Gasteiger partial charge on any atom is -0.480 e. The van der Waals surface area contributed by atoms with Gasteiger partial charge in [0, 0.05) is 12.2 Å². The van der Waals surface area contributed by atoms with E-state index in [9.17, 15) is 14.4 Å². The van der Waals surface area contributed by atoms with Crippen molar-refractivity contribution < 1.29 is 19.5 Å². The molecule has 0 bridgehead atoms. The summed E-state index contributed by atoms with van der Waals surface area (Å²) in [6.45, 7) is 0. The van der Waals surface area contributed by atoms with E-state index in [2.05, 4.69) is 17.9 Å². The van der Waals surface area contributed by atoms with Crippen molar-refractivity contribution in [2.45, 2.75) is 24.9 Å². The van der Waals surface area contributed by atoms with E-state index in [0.717, 1.165) is 0 Å². The summed E-state index contributed by atoms with van der Waals surface area (Å²) in [5, 5.41) is 11.0. The molecule has 2 atom stereocenters. The number of nitrogens with two attached hydrogens (primary N) is 2. The van der Waals surface area contributed by atoms with E-state index in [1.54, 1.807) is 0 Å². The minimum absolute atomic E-state index is 0.0598. The lowest BCUT2D eigenvalue weighted by Crippen LogP contribution is -2.49. The molecule has 0 fully saturated rings. The number of carboxylic acid groups (broad SMARTS) is 1. The van der Waals surface area contributed by atoms with Gasteiger partial charge in [0.1, 0.15) is 6.04 Å². The zero-order valence-corrected chi connectivity index (χ0v) is 9.44. The molecule has 92 valence electrons. The lowest BCUT2D eigenvalue weighted by atomic mass is 10.1. The summed E-state index contributed by atoms with van der Waals surface area (Å²) in [5.74, 6) is -2.37. The molecular formula is C8H15N3O4S. The molecule has 2 amide bonds. The Morgan fingerprint density at radius 1 is 1.38 bits per heavy atom. The second kappa shape index (κ2) is 7.07. The quantitative estimate of drug-likeness (QED) is 0.335. The SMILES string of the molecule is NC(=O)CC[C@H](NC(=O)C(N)CS)C(=O)O. The smallest absolute Gasteiger partial charge is 0.326 e. The Labute approximate surface area is 98.0 Å². The maximum atomic E-state index is 11.3. The zero-order chi connectivity index (χ0) is 12.7. The van der Waals surface area contributed by atoms with E-state index in [0.29, 0.717) is 0 Å². The number of hydrogen-bond donors (Lipinski definition) is 5. The highest BCUT2D eigenvalue weighted by Crippen LogP contribution is 1.98. The highest BCUT2D eigenvalue weighted by atomic mass is 32.1. The first-order valence-corrected chi connectivity index (χ1v) is 5.19. The number of carboxylic acids is 1. The molecule has 7 nitrogen and oxygen atoms in total. The molecule has 0 saturated heterocycles. The van der Waals surface area contributed by atoms with Crippen LogP contribution in [0.4, 0.5) is 0 Å². The number of primary amides is 1. The van der Waals surface area contributed by atoms with Gasteiger partial charge in [-0.05, 0) is 6.42 Å². The summed E-state index contributed by atoms with van der Waals surface area (Å²) in [6, 6.07) is -2.04. The van der Waals surface area contributed by atoms with E-state index >= 15 is 0 Å². The molecule has 0 spiro atoms. The van der Waals surface area contributed by atoms with E-state index in [1.165, 1.54) is 0 Å². The Hall–Kier alpha value is -1.28. The molecule has 0 radical (unpaired) electrons. The van der Waals surface area contributed by atoms with Crippen LogP contribution in [0, 0.1) is 0 Å². The van der Waals surface area contributed by atoms with Crippen LogP contribution in [0.15, 0.2) is 0 Å². The molecule has 0 aliphatic carbocycles. The van der Waals surface area contributed by atoms with Gasteiger partial charge >= 0.3 is 5.97 Å². The predicted octanol–water partition coefficient (Wildman–Crippen LogP) is -1.92. The molecule has 0 heterocycles. The molecule has 0 aromatic heterocycles. The third kappa shape index (κ3) is 5.56. The van der Waals surface area contributed by atoms with Gasteiger partial charge in [-0.2, -0.15) is 12.6 Å². The molecule has 0 aliphatic heterocycles. The number of amides is 2. The van der Waals surface area contributed by atoms with E-state index in [1.807, 2.05) is 0 Å². The number of thiol groups is 1. The summed E-state index contributed by atoms with van der Waals surface area (Å²) < 4.78 is 0. The van der Waals surface area contributed by atoms with E-state index in [4.69, 9.17) is 16.6 Å². The first-order valence-electron chi connectivity index (χ1n) is 4.56. The first kappa shape index (κ1) is 14.7. The summed E-state index contributed by atoms with van der Waals surface area (Å²) in [6.07, 6.45) is -0.178. The van der Waals surface area contributed by atoms with Crippen LogP contribution in [0.3, 0.4) is 0 Å². The number of carbonyl (C=O) groups excluding carboxylic acids is 2. The largest absolute Gasteiger partial charge is 0.480 e. The van der Waals surface area contributed by atoms with Crippen molar-refractivity contribution in [2.24, 2.45) is 11.5 Å². The van der Waals surface area contributed by atoms with Gasteiger partial charge in [-0.3, -0.25) is 9.59 Å². The summed E-state index contributed by atoms with van der Waals surface area (Å²) in [4.78, 5) is 32.5. The Morgan fingerprint density at radius 2 is 1.94 bits per heavy atom. The normalized spacial score (nSPS) is 13.9. The minimum atomic E-state index is -1.24. The highest BCUT2D eigenvalue weighted by molar-refractivity contribution is 7.80. The van der Waals surface area contributed by atoms with Crippen LogP contribution in [0.1, 0.15) is 12.8 Å². The maximum Gasteiger partial charge on any atom is 0.326 e.